The van der Waals surface area contributed by atoms with Crippen LogP contribution in [-0.4, -0.2) is 49.8 Å². The van der Waals surface area contributed by atoms with Crippen LogP contribution in [0, 0.1) is 0 Å². The van der Waals surface area contributed by atoms with Crippen LogP contribution in [0.5, 0.6) is 0 Å². The lowest BCUT2D eigenvalue weighted by molar-refractivity contribution is 0.0750. The van der Waals surface area contributed by atoms with Gasteiger partial charge in [0.05, 0.1) is 15.5 Å². The molecule has 0 atom stereocenters. The van der Waals surface area contributed by atoms with E-state index >= 15 is 0 Å². The fourth-order valence-corrected chi connectivity index (χ4v) is 4.09. The third-order valence-electron chi connectivity index (χ3n) is 4.20. The van der Waals surface area contributed by atoms with E-state index in [9.17, 15) is 13.2 Å². The monoisotopic (exact) mass is 373 g/mol. The number of nitrogens with zero attached hydrogens (tertiary/aromatic N) is 2. The molecule has 1 saturated heterocycles. The number of carbonyl (C=O) groups excluding carboxylic acids is 1. The number of piperidine rings is 1. The van der Waals surface area contributed by atoms with E-state index in [0.29, 0.717) is 0 Å². The maximum atomic E-state index is 12.6. The Morgan fingerprint density at radius 3 is 2.46 bits per heavy atom. The van der Waals surface area contributed by atoms with Crippen molar-refractivity contribution >= 4 is 27.5 Å². The number of hydrazine groups is 1. The van der Waals surface area contributed by atoms with E-state index in [2.05, 4.69) is 5.43 Å². The fourth-order valence-electron chi connectivity index (χ4n) is 2.49. The molecule has 0 spiro atoms. The Bertz CT molecular complexity index is 701. The third-order valence-corrected chi connectivity index (χ3v) is 6.56. The molecule has 1 fully saturated rings. The van der Waals surface area contributed by atoms with E-state index in [1.807, 2.05) is 5.01 Å². The number of halogens is 1. The fraction of sp³-hybridized carbons (Fsp3) is 0.562. The zero-order valence-electron chi connectivity index (χ0n) is 14.3. The summed E-state index contributed by atoms with van der Waals surface area (Å²) in [7, 11) is -2.15. The normalized spacial score (nSPS) is 16.6. The highest BCUT2D eigenvalue weighted by atomic mass is 35.5. The van der Waals surface area contributed by atoms with E-state index in [4.69, 9.17) is 11.6 Å². The SMILES string of the molecule is CC(C)N(C)S(=O)(=O)c1ccc(Cl)c(C(=O)NN2CCCCC2)c1. The van der Waals surface area contributed by atoms with E-state index in [1.54, 1.807) is 13.8 Å². The summed E-state index contributed by atoms with van der Waals surface area (Å²) in [6, 6.07) is 4.04. The highest BCUT2D eigenvalue weighted by Gasteiger charge is 2.25. The first kappa shape index (κ1) is 19.2. The van der Waals surface area contributed by atoms with Gasteiger partial charge in [-0.1, -0.05) is 18.0 Å². The first-order valence-electron chi connectivity index (χ1n) is 8.07. The van der Waals surface area contributed by atoms with Gasteiger partial charge in [0.15, 0.2) is 0 Å². The van der Waals surface area contributed by atoms with Crippen molar-refractivity contribution in [1.82, 2.24) is 14.7 Å². The number of amides is 1. The van der Waals surface area contributed by atoms with Crippen molar-refractivity contribution in [2.45, 2.75) is 44.0 Å². The number of rotatable bonds is 5. The van der Waals surface area contributed by atoms with E-state index in [1.165, 1.54) is 29.6 Å². The molecule has 0 unspecified atom stereocenters. The molecule has 0 saturated carbocycles. The predicted octanol–water partition coefficient (Wildman–Crippen LogP) is 2.50. The Labute approximate surface area is 148 Å². The van der Waals surface area contributed by atoms with Crippen LogP contribution < -0.4 is 5.43 Å². The summed E-state index contributed by atoms with van der Waals surface area (Å²) < 4.78 is 26.4. The average Bonchev–Trinajstić information content (AvgIpc) is 2.55. The smallest absolute Gasteiger partial charge is 0.267 e. The number of nitrogens with one attached hydrogen (secondary N) is 1. The largest absolute Gasteiger partial charge is 0.285 e. The topological polar surface area (TPSA) is 69.7 Å². The molecule has 1 amide bonds. The summed E-state index contributed by atoms with van der Waals surface area (Å²) in [6.45, 7) is 5.16. The van der Waals surface area contributed by atoms with E-state index < -0.39 is 10.0 Å². The molecule has 0 aliphatic carbocycles. The summed E-state index contributed by atoms with van der Waals surface area (Å²) >= 11 is 6.11. The molecule has 1 aromatic rings. The molecule has 134 valence electrons. The van der Waals surface area contributed by atoms with Crippen molar-refractivity contribution in [3.63, 3.8) is 0 Å². The maximum absolute atomic E-state index is 12.6. The highest BCUT2D eigenvalue weighted by molar-refractivity contribution is 7.89. The van der Waals surface area contributed by atoms with Gasteiger partial charge in [-0.3, -0.25) is 10.2 Å². The third kappa shape index (κ3) is 4.27. The number of hydrogen-bond donors (Lipinski definition) is 1. The van der Waals surface area contributed by atoms with Gasteiger partial charge in [0.25, 0.3) is 5.91 Å². The van der Waals surface area contributed by atoms with Gasteiger partial charge in [0.2, 0.25) is 10.0 Å². The van der Waals surface area contributed by atoms with Gasteiger partial charge in [0.1, 0.15) is 0 Å². The van der Waals surface area contributed by atoms with Crippen molar-refractivity contribution in [2.75, 3.05) is 20.1 Å². The van der Waals surface area contributed by atoms with Gasteiger partial charge < -0.3 is 0 Å². The second kappa shape index (κ2) is 7.82. The van der Waals surface area contributed by atoms with Crippen LogP contribution in [0.3, 0.4) is 0 Å². The molecule has 1 N–H and O–H groups in total. The Morgan fingerprint density at radius 2 is 1.88 bits per heavy atom. The molecule has 1 aromatic carbocycles. The Hall–Kier alpha value is -1.15. The molecule has 8 heteroatoms. The summed E-state index contributed by atoms with van der Waals surface area (Å²) in [6.07, 6.45) is 3.21. The lowest BCUT2D eigenvalue weighted by atomic mass is 10.1. The quantitative estimate of drug-likeness (QED) is 0.860. The van der Waals surface area contributed by atoms with Crippen LogP contribution in [-0.2, 0) is 10.0 Å². The first-order valence-corrected chi connectivity index (χ1v) is 9.89. The zero-order chi connectivity index (χ0) is 17.9. The second-order valence-electron chi connectivity index (χ2n) is 6.25. The number of benzene rings is 1. The summed E-state index contributed by atoms with van der Waals surface area (Å²) in [5.41, 5.74) is 2.98. The van der Waals surface area contributed by atoms with Crippen LogP contribution in [0.25, 0.3) is 0 Å². The molecule has 0 bridgehead atoms. The summed E-state index contributed by atoms with van der Waals surface area (Å²) in [5, 5.41) is 2.08. The molecular formula is C16H24ClN3O3S. The van der Waals surface area contributed by atoms with Crippen molar-refractivity contribution < 1.29 is 13.2 Å². The van der Waals surface area contributed by atoms with Crippen molar-refractivity contribution in [3.8, 4) is 0 Å². The molecule has 24 heavy (non-hydrogen) atoms. The average molecular weight is 374 g/mol. The van der Waals surface area contributed by atoms with E-state index in [0.717, 1.165) is 32.4 Å². The van der Waals surface area contributed by atoms with Gasteiger partial charge in [0, 0.05) is 26.2 Å². The van der Waals surface area contributed by atoms with Crippen molar-refractivity contribution in [2.24, 2.45) is 0 Å². The van der Waals surface area contributed by atoms with Gasteiger partial charge in [-0.25, -0.2) is 13.4 Å². The lowest BCUT2D eigenvalue weighted by Gasteiger charge is -2.27. The van der Waals surface area contributed by atoms with Crippen LogP contribution in [0.15, 0.2) is 23.1 Å². The first-order chi connectivity index (χ1) is 11.2. The molecule has 2 rings (SSSR count). The predicted molar refractivity (Wildman–Crippen MR) is 94.4 cm³/mol. The summed E-state index contributed by atoms with van der Waals surface area (Å²) in [5.74, 6) is -0.383. The standard InChI is InChI=1S/C16H24ClN3O3S/c1-12(2)19(3)24(22,23)13-7-8-15(17)14(11-13)16(21)18-20-9-5-4-6-10-20/h7-8,11-12H,4-6,9-10H2,1-3H3,(H,18,21). The number of carbonyl (C=O) groups is 1. The van der Waals surface area contributed by atoms with E-state index in [-0.39, 0.29) is 27.4 Å². The minimum atomic E-state index is -3.66. The Kier molecular flexibility index (Phi) is 6.25. The zero-order valence-corrected chi connectivity index (χ0v) is 15.8. The van der Waals surface area contributed by atoms with Crippen LogP contribution >= 0.6 is 11.6 Å². The van der Waals surface area contributed by atoms with Gasteiger partial charge >= 0.3 is 0 Å². The molecular weight excluding hydrogens is 350 g/mol. The number of sulfonamides is 1. The second-order valence-corrected chi connectivity index (χ2v) is 8.65. The summed E-state index contributed by atoms with van der Waals surface area (Å²) in [4.78, 5) is 12.5. The Balaban J connectivity index is 2.26. The van der Waals surface area contributed by atoms with Crippen LogP contribution in [0.2, 0.25) is 5.02 Å². The molecule has 6 nitrogen and oxygen atoms in total. The Morgan fingerprint density at radius 1 is 1.25 bits per heavy atom. The maximum Gasteiger partial charge on any atom is 0.267 e. The lowest BCUT2D eigenvalue weighted by Crippen LogP contribution is -2.45. The van der Waals surface area contributed by atoms with Gasteiger partial charge in [-0.2, -0.15) is 4.31 Å². The van der Waals surface area contributed by atoms with Gasteiger partial charge in [-0.15, -0.1) is 0 Å². The number of hydrogen-bond acceptors (Lipinski definition) is 4. The van der Waals surface area contributed by atoms with Crippen LogP contribution in [0.4, 0.5) is 0 Å². The molecule has 0 aromatic heterocycles. The van der Waals surface area contributed by atoms with Crippen LogP contribution in [0.1, 0.15) is 43.5 Å². The highest BCUT2D eigenvalue weighted by Crippen LogP contribution is 2.23. The molecule has 1 aliphatic heterocycles. The van der Waals surface area contributed by atoms with Crippen molar-refractivity contribution in [3.05, 3.63) is 28.8 Å². The minimum absolute atomic E-state index is 0.0619. The van der Waals surface area contributed by atoms with Gasteiger partial charge in [-0.05, 0) is 44.9 Å². The van der Waals surface area contributed by atoms with Crippen molar-refractivity contribution in [1.29, 1.82) is 0 Å². The molecule has 1 aliphatic rings. The molecule has 0 radical (unpaired) electrons. The minimum Gasteiger partial charge on any atom is -0.285 e. The molecule has 1 heterocycles.